The molecule has 0 saturated heterocycles. The molecule has 0 aliphatic carbocycles. The summed E-state index contributed by atoms with van der Waals surface area (Å²) in [5, 5.41) is 2.36. The van der Waals surface area contributed by atoms with Crippen molar-refractivity contribution < 1.29 is 13.6 Å². The van der Waals surface area contributed by atoms with E-state index < -0.39 is 22.2 Å². The fourth-order valence-electron chi connectivity index (χ4n) is 4.38. The van der Waals surface area contributed by atoms with Gasteiger partial charge in [0.15, 0.2) is 0 Å². The highest BCUT2D eigenvalue weighted by atomic mass is 35.5. The van der Waals surface area contributed by atoms with E-state index in [1.54, 1.807) is 24.3 Å². The van der Waals surface area contributed by atoms with Gasteiger partial charge in [0.25, 0.3) is 0 Å². The molecule has 8 heteroatoms. The van der Waals surface area contributed by atoms with Crippen molar-refractivity contribution in [2.45, 2.75) is 51.3 Å². The van der Waals surface area contributed by atoms with Crippen LogP contribution >= 0.6 is 23.2 Å². The van der Waals surface area contributed by atoms with E-state index in [0.717, 1.165) is 34.4 Å². The van der Waals surface area contributed by atoms with Crippen LogP contribution in [0.3, 0.4) is 0 Å². The van der Waals surface area contributed by atoms with Crippen LogP contribution in [0.2, 0.25) is 10.0 Å². The summed E-state index contributed by atoms with van der Waals surface area (Å²) in [7, 11) is 3.96. The Morgan fingerprint density at radius 2 is 1.46 bits per heavy atom. The molecule has 3 rings (SSSR count). The molecule has 0 aromatic heterocycles. The van der Waals surface area contributed by atoms with Gasteiger partial charge in [0, 0.05) is 12.2 Å². The zero-order chi connectivity index (χ0) is 27.4. The Labute approximate surface area is 232 Å². The number of rotatable bonds is 9. The Morgan fingerprint density at radius 1 is 0.892 bits per heavy atom. The second-order valence-electron chi connectivity index (χ2n) is 10.1. The first-order valence-corrected chi connectivity index (χ1v) is 14.0. The van der Waals surface area contributed by atoms with Crippen LogP contribution in [0.5, 0.6) is 0 Å². The first-order valence-electron chi connectivity index (χ1n) is 12.1. The van der Waals surface area contributed by atoms with Crippen LogP contribution in [0.25, 0.3) is 11.1 Å². The molecule has 2 unspecified atom stereocenters. The molecule has 0 bridgehead atoms. The number of hydrogen-bond donors (Lipinski definition) is 1. The Hall–Kier alpha value is -2.22. The minimum Gasteiger partial charge on any atom is -0.771 e. The quantitative estimate of drug-likeness (QED) is 0.275. The van der Waals surface area contributed by atoms with Crippen LogP contribution in [0.4, 0.5) is 5.69 Å². The third-order valence-electron chi connectivity index (χ3n) is 6.15. The van der Waals surface area contributed by atoms with Crippen LogP contribution < -0.4 is 5.32 Å². The maximum atomic E-state index is 13.5. The summed E-state index contributed by atoms with van der Waals surface area (Å²) in [5.74, 6) is -0.640. The molecule has 0 aliphatic heterocycles. The fraction of sp³-hybridized carbons (Fsp3) is 0.345. The van der Waals surface area contributed by atoms with Crippen molar-refractivity contribution in [1.82, 2.24) is 4.90 Å². The highest BCUT2D eigenvalue weighted by Gasteiger charge is 2.30. The van der Waals surface area contributed by atoms with Gasteiger partial charge in [0.1, 0.15) is 5.25 Å². The summed E-state index contributed by atoms with van der Waals surface area (Å²) in [4.78, 5) is 15.5. The van der Waals surface area contributed by atoms with Gasteiger partial charge in [-0.05, 0) is 94.7 Å². The Kier molecular flexibility index (Phi) is 9.95. The molecule has 0 saturated carbocycles. The van der Waals surface area contributed by atoms with E-state index >= 15 is 0 Å². The van der Waals surface area contributed by atoms with Gasteiger partial charge in [0.2, 0.25) is 5.91 Å². The minimum absolute atomic E-state index is 0.0283. The van der Waals surface area contributed by atoms with Gasteiger partial charge in [-0.2, -0.15) is 0 Å². The van der Waals surface area contributed by atoms with Gasteiger partial charge in [-0.15, -0.1) is 0 Å². The summed E-state index contributed by atoms with van der Waals surface area (Å²) in [5.41, 5.74) is 5.54. The van der Waals surface area contributed by atoms with E-state index in [2.05, 4.69) is 5.32 Å². The standard InChI is InChI=1S/C29H34Cl2N2O3S/c1-17(2)23-13-21(20-9-12-25(30)26(31)15-20)14-24(18(3)4)27(23)28(37(35)36)29(34)32-22-10-7-19(8-11-22)16-33(5)6/h7-15,17-18,28H,16H2,1-6H3,(H,32,34)(H,35,36)/p-1. The van der Waals surface area contributed by atoms with Crippen molar-refractivity contribution in [2.75, 3.05) is 19.4 Å². The normalized spacial score (nSPS) is 13.3. The molecular formula is C29H33Cl2N2O3S-. The number of benzene rings is 3. The van der Waals surface area contributed by atoms with Crippen LogP contribution in [0.1, 0.15) is 67.0 Å². The van der Waals surface area contributed by atoms with E-state index in [0.29, 0.717) is 21.3 Å². The number of nitrogens with one attached hydrogen (secondary N) is 1. The lowest BCUT2D eigenvalue weighted by atomic mass is 9.83. The zero-order valence-corrected chi connectivity index (χ0v) is 24.3. The molecule has 0 spiro atoms. The van der Waals surface area contributed by atoms with Crippen molar-refractivity contribution in [3.8, 4) is 11.1 Å². The van der Waals surface area contributed by atoms with Crippen molar-refractivity contribution in [3.05, 3.63) is 86.9 Å². The van der Waals surface area contributed by atoms with E-state index in [1.165, 1.54) is 0 Å². The molecular weight excluding hydrogens is 527 g/mol. The Morgan fingerprint density at radius 3 is 1.92 bits per heavy atom. The lowest BCUT2D eigenvalue weighted by molar-refractivity contribution is -0.116. The largest absolute Gasteiger partial charge is 0.771 e. The van der Waals surface area contributed by atoms with Gasteiger partial charge in [0.05, 0.1) is 10.0 Å². The maximum absolute atomic E-state index is 13.5. The topological polar surface area (TPSA) is 72.5 Å². The molecule has 3 aromatic rings. The molecule has 5 nitrogen and oxygen atoms in total. The van der Waals surface area contributed by atoms with Crippen molar-refractivity contribution in [3.63, 3.8) is 0 Å². The van der Waals surface area contributed by atoms with Gasteiger partial charge in [-0.25, -0.2) is 0 Å². The third-order valence-corrected chi connectivity index (χ3v) is 7.73. The highest BCUT2D eigenvalue weighted by molar-refractivity contribution is 7.80. The predicted molar refractivity (Wildman–Crippen MR) is 154 cm³/mol. The first kappa shape index (κ1) is 29.3. The molecule has 1 N–H and O–H groups in total. The van der Waals surface area contributed by atoms with E-state index in [-0.39, 0.29) is 11.8 Å². The van der Waals surface area contributed by atoms with Crippen LogP contribution in [-0.2, 0) is 22.4 Å². The van der Waals surface area contributed by atoms with Crippen molar-refractivity contribution in [1.29, 1.82) is 0 Å². The molecule has 3 aromatic carbocycles. The summed E-state index contributed by atoms with van der Waals surface area (Å²) < 4.78 is 25.2. The van der Waals surface area contributed by atoms with E-state index in [4.69, 9.17) is 23.2 Å². The average Bonchev–Trinajstić information content (AvgIpc) is 2.81. The fourth-order valence-corrected chi connectivity index (χ4v) is 5.38. The number of hydrogen-bond acceptors (Lipinski definition) is 4. The lowest BCUT2D eigenvalue weighted by Crippen LogP contribution is -2.27. The predicted octanol–water partition coefficient (Wildman–Crippen LogP) is 7.53. The number of anilines is 1. The molecule has 198 valence electrons. The lowest BCUT2D eigenvalue weighted by Gasteiger charge is -2.29. The summed E-state index contributed by atoms with van der Waals surface area (Å²) in [6, 6.07) is 16.8. The molecule has 0 fully saturated rings. The molecule has 1 amide bonds. The van der Waals surface area contributed by atoms with Crippen LogP contribution in [0.15, 0.2) is 54.6 Å². The Balaban J connectivity index is 2.09. The molecule has 37 heavy (non-hydrogen) atoms. The number of nitrogens with zero attached hydrogens (tertiary/aromatic N) is 1. The van der Waals surface area contributed by atoms with Gasteiger partial charge in [-0.3, -0.25) is 9.00 Å². The molecule has 0 aliphatic rings. The number of halogens is 2. The third kappa shape index (κ3) is 7.21. The Bertz CT molecular complexity index is 1260. The first-order chi connectivity index (χ1) is 17.4. The molecule has 2 atom stereocenters. The number of amides is 1. The van der Waals surface area contributed by atoms with Gasteiger partial charge < -0.3 is 14.8 Å². The number of carbonyl (C=O) groups is 1. The van der Waals surface area contributed by atoms with Crippen molar-refractivity contribution >= 4 is 45.9 Å². The smallest absolute Gasteiger partial charge is 0.243 e. The minimum atomic E-state index is -2.69. The summed E-state index contributed by atoms with van der Waals surface area (Å²) in [6.07, 6.45) is 0. The average molecular weight is 561 g/mol. The maximum Gasteiger partial charge on any atom is 0.243 e. The highest BCUT2D eigenvalue weighted by Crippen LogP contribution is 2.40. The number of carbonyl (C=O) groups excluding carboxylic acids is 1. The monoisotopic (exact) mass is 559 g/mol. The van der Waals surface area contributed by atoms with Crippen molar-refractivity contribution in [2.24, 2.45) is 0 Å². The second-order valence-corrected chi connectivity index (χ2v) is 11.9. The zero-order valence-electron chi connectivity index (χ0n) is 22.0. The summed E-state index contributed by atoms with van der Waals surface area (Å²) in [6.45, 7) is 8.74. The van der Waals surface area contributed by atoms with E-state index in [1.807, 2.05) is 77.0 Å². The SMILES string of the molecule is CC(C)c1cc(-c2ccc(Cl)c(Cl)c2)cc(C(C)C)c1C(C(=O)Nc1ccc(CN(C)C)cc1)S(=O)[O-]. The molecule has 0 heterocycles. The molecule has 0 radical (unpaired) electrons. The van der Waals surface area contributed by atoms with E-state index in [9.17, 15) is 13.6 Å². The van der Waals surface area contributed by atoms with Crippen LogP contribution in [0, 0.1) is 0 Å². The van der Waals surface area contributed by atoms with Gasteiger partial charge in [-0.1, -0.05) is 81.2 Å². The summed E-state index contributed by atoms with van der Waals surface area (Å²) >= 11 is 9.70. The second kappa shape index (κ2) is 12.5. The van der Waals surface area contributed by atoms with Gasteiger partial charge >= 0.3 is 0 Å². The van der Waals surface area contributed by atoms with Crippen LogP contribution in [-0.4, -0.2) is 33.7 Å².